The van der Waals surface area contributed by atoms with Gasteiger partial charge in [-0.25, -0.2) is 0 Å². The lowest BCUT2D eigenvalue weighted by molar-refractivity contribution is 0.152. The largest absolute Gasteiger partial charge is 0.328 e. The van der Waals surface area contributed by atoms with E-state index in [0.717, 1.165) is 10.6 Å². The molecule has 0 bridgehead atoms. The van der Waals surface area contributed by atoms with Crippen molar-refractivity contribution in [3.05, 3.63) is 60.7 Å². The highest BCUT2D eigenvalue weighted by Gasteiger charge is 2.19. The molecule has 1 fully saturated rings. The van der Waals surface area contributed by atoms with E-state index in [4.69, 9.17) is 18.1 Å². The predicted octanol–water partition coefficient (Wildman–Crippen LogP) is 3.34. The molecule has 1 saturated heterocycles. The standard InChI is InChI=1S/C16H18O4P2/c1-3-7-15(8-4-1)21-17-11-13-19-22(20-14-12-18-21)16-9-5-2-6-10-16/h1-10H,11-14H2. The first kappa shape index (κ1) is 16.0. The lowest BCUT2D eigenvalue weighted by atomic mass is 10.4. The Bertz CT molecular complexity index is 489. The number of hydrogen-bond acceptors (Lipinski definition) is 4. The minimum Gasteiger partial charge on any atom is -0.328 e. The van der Waals surface area contributed by atoms with Gasteiger partial charge in [-0.05, 0) is 24.3 Å². The SMILES string of the molecule is c1ccc(P2OCCOP(c3ccccc3)OCCO2)cc1. The molecule has 0 atom stereocenters. The van der Waals surface area contributed by atoms with Crippen molar-refractivity contribution >= 4 is 27.4 Å². The van der Waals surface area contributed by atoms with Crippen LogP contribution < -0.4 is 10.6 Å². The van der Waals surface area contributed by atoms with Crippen molar-refractivity contribution in [3.8, 4) is 0 Å². The third-order valence-electron chi connectivity index (χ3n) is 2.93. The van der Waals surface area contributed by atoms with Crippen molar-refractivity contribution in [2.24, 2.45) is 0 Å². The van der Waals surface area contributed by atoms with Crippen LogP contribution in [0.25, 0.3) is 0 Å². The highest BCUT2D eigenvalue weighted by Crippen LogP contribution is 2.41. The highest BCUT2D eigenvalue weighted by molar-refractivity contribution is 7.56. The van der Waals surface area contributed by atoms with Crippen LogP contribution in [0.5, 0.6) is 0 Å². The van der Waals surface area contributed by atoms with E-state index in [9.17, 15) is 0 Å². The van der Waals surface area contributed by atoms with Gasteiger partial charge in [0.05, 0.1) is 26.4 Å². The van der Waals surface area contributed by atoms with Crippen LogP contribution in [0.2, 0.25) is 0 Å². The van der Waals surface area contributed by atoms with Gasteiger partial charge in [0.15, 0.2) is 0 Å². The first-order valence-corrected chi connectivity index (χ1v) is 9.51. The van der Waals surface area contributed by atoms with E-state index in [1.807, 2.05) is 60.7 Å². The summed E-state index contributed by atoms with van der Waals surface area (Å²) in [4.78, 5) is 0. The molecule has 0 spiro atoms. The molecule has 0 amide bonds. The first-order valence-electron chi connectivity index (χ1n) is 7.15. The van der Waals surface area contributed by atoms with E-state index in [1.54, 1.807) is 0 Å². The van der Waals surface area contributed by atoms with Crippen LogP contribution in [-0.4, -0.2) is 26.4 Å². The van der Waals surface area contributed by atoms with Gasteiger partial charge in [0.1, 0.15) is 0 Å². The zero-order valence-corrected chi connectivity index (χ0v) is 13.9. The molecule has 0 aliphatic carbocycles. The lowest BCUT2D eigenvalue weighted by Crippen LogP contribution is -2.15. The summed E-state index contributed by atoms with van der Waals surface area (Å²) in [6.07, 6.45) is 0. The Kier molecular flexibility index (Phi) is 6.32. The second-order valence-corrected chi connectivity index (χ2v) is 7.61. The average Bonchev–Trinajstić information content (AvgIpc) is 2.60. The molecular formula is C16H18O4P2. The van der Waals surface area contributed by atoms with Crippen molar-refractivity contribution < 1.29 is 18.1 Å². The minimum atomic E-state index is -1.06. The Morgan fingerprint density at radius 2 is 0.818 bits per heavy atom. The Morgan fingerprint density at radius 1 is 0.500 bits per heavy atom. The molecule has 3 rings (SSSR count). The summed E-state index contributed by atoms with van der Waals surface area (Å²) >= 11 is 0. The van der Waals surface area contributed by atoms with Crippen LogP contribution in [-0.2, 0) is 18.1 Å². The molecule has 0 aromatic heterocycles. The van der Waals surface area contributed by atoms with Crippen LogP contribution in [0.4, 0.5) is 0 Å². The molecule has 0 unspecified atom stereocenters. The molecule has 4 nitrogen and oxygen atoms in total. The molecule has 6 heteroatoms. The molecule has 0 N–H and O–H groups in total. The van der Waals surface area contributed by atoms with E-state index in [0.29, 0.717) is 26.4 Å². The van der Waals surface area contributed by atoms with E-state index < -0.39 is 16.8 Å². The second kappa shape index (κ2) is 8.69. The third kappa shape index (κ3) is 4.57. The number of benzene rings is 2. The monoisotopic (exact) mass is 336 g/mol. The highest BCUT2D eigenvalue weighted by atomic mass is 31.2. The van der Waals surface area contributed by atoms with Gasteiger partial charge in [0.25, 0.3) is 0 Å². The Morgan fingerprint density at radius 3 is 1.14 bits per heavy atom. The average molecular weight is 336 g/mol. The summed E-state index contributed by atoms with van der Waals surface area (Å²) in [5.74, 6) is 0. The third-order valence-corrected chi connectivity index (χ3v) is 6.04. The zero-order valence-electron chi connectivity index (χ0n) is 12.1. The molecule has 116 valence electrons. The van der Waals surface area contributed by atoms with Crippen molar-refractivity contribution in [3.63, 3.8) is 0 Å². The molecule has 22 heavy (non-hydrogen) atoms. The first-order chi connectivity index (χ1) is 10.9. The van der Waals surface area contributed by atoms with E-state index in [-0.39, 0.29) is 0 Å². The number of rotatable bonds is 2. The van der Waals surface area contributed by atoms with Crippen LogP contribution in [0.3, 0.4) is 0 Å². The van der Waals surface area contributed by atoms with Gasteiger partial charge in [-0.3, -0.25) is 0 Å². The van der Waals surface area contributed by atoms with Crippen LogP contribution in [0.15, 0.2) is 60.7 Å². The van der Waals surface area contributed by atoms with Crippen molar-refractivity contribution in [1.82, 2.24) is 0 Å². The Labute approximate surface area is 133 Å². The molecule has 0 saturated carbocycles. The molecule has 1 aliphatic heterocycles. The minimum absolute atomic E-state index is 0.496. The smallest absolute Gasteiger partial charge is 0.205 e. The predicted molar refractivity (Wildman–Crippen MR) is 89.8 cm³/mol. The Hall–Kier alpha value is -0.860. The summed E-state index contributed by atoms with van der Waals surface area (Å²) in [7, 11) is -2.12. The summed E-state index contributed by atoms with van der Waals surface area (Å²) in [6, 6.07) is 20.0. The van der Waals surface area contributed by atoms with Gasteiger partial charge in [0, 0.05) is 10.6 Å². The van der Waals surface area contributed by atoms with Gasteiger partial charge in [-0.2, -0.15) is 0 Å². The number of hydrogen-bond donors (Lipinski definition) is 0. The second-order valence-electron chi connectivity index (χ2n) is 4.52. The maximum atomic E-state index is 5.86. The summed E-state index contributed by atoms with van der Waals surface area (Å²) < 4.78 is 23.4. The van der Waals surface area contributed by atoms with Gasteiger partial charge in [-0.15, -0.1) is 0 Å². The topological polar surface area (TPSA) is 36.9 Å². The maximum absolute atomic E-state index is 5.86. The van der Waals surface area contributed by atoms with Crippen molar-refractivity contribution in [2.45, 2.75) is 0 Å². The zero-order chi connectivity index (χ0) is 15.0. The van der Waals surface area contributed by atoms with Gasteiger partial charge in [0.2, 0.25) is 16.8 Å². The fourth-order valence-electron chi connectivity index (χ4n) is 1.95. The molecule has 2 aromatic rings. The van der Waals surface area contributed by atoms with E-state index in [1.165, 1.54) is 0 Å². The molecular weight excluding hydrogens is 318 g/mol. The normalized spacial score (nSPS) is 23.8. The maximum Gasteiger partial charge on any atom is 0.205 e. The molecule has 0 radical (unpaired) electrons. The summed E-state index contributed by atoms with van der Waals surface area (Å²) in [5, 5.41) is 2.15. The fraction of sp³-hybridized carbons (Fsp3) is 0.250. The van der Waals surface area contributed by atoms with Crippen molar-refractivity contribution in [1.29, 1.82) is 0 Å². The van der Waals surface area contributed by atoms with E-state index in [2.05, 4.69) is 0 Å². The van der Waals surface area contributed by atoms with Crippen LogP contribution >= 0.6 is 16.8 Å². The molecule has 1 heterocycles. The summed E-state index contributed by atoms with van der Waals surface area (Å²) in [5.41, 5.74) is 0. The lowest BCUT2D eigenvalue weighted by Gasteiger charge is -2.23. The summed E-state index contributed by atoms with van der Waals surface area (Å²) in [6.45, 7) is 1.98. The molecule has 1 aliphatic rings. The quantitative estimate of drug-likeness (QED) is 0.788. The van der Waals surface area contributed by atoms with Crippen LogP contribution in [0.1, 0.15) is 0 Å². The molecule has 2 aromatic carbocycles. The Balaban J connectivity index is 1.59. The van der Waals surface area contributed by atoms with Crippen molar-refractivity contribution in [2.75, 3.05) is 26.4 Å². The van der Waals surface area contributed by atoms with E-state index >= 15 is 0 Å². The van der Waals surface area contributed by atoms with Crippen LogP contribution in [0, 0.1) is 0 Å². The van der Waals surface area contributed by atoms with Gasteiger partial charge < -0.3 is 18.1 Å². The van der Waals surface area contributed by atoms with Gasteiger partial charge >= 0.3 is 0 Å². The van der Waals surface area contributed by atoms with Gasteiger partial charge in [-0.1, -0.05) is 36.4 Å². The fourth-order valence-corrected chi connectivity index (χ4v) is 4.49.